The lowest BCUT2D eigenvalue weighted by Gasteiger charge is -2.10. The first kappa shape index (κ1) is 11.0. The lowest BCUT2D eigenvalue weighted by atomic mass is 10.1. The molecule has 0 aliphatic rings. The van der Waals surface area contributed by atoms with Gasteiger partial charge in [0.1, 0.15) is 0 Å². The van der Waals surface area contributed by atoms with E-state index >= 15 is 0 Å². The molecule has 3 N–H and O–H groups in total. The van der Waals surface area contributed by atoms with Crippen LogP contribution in [0.25, 0.3) is 0 Å². The van der Waals surface area contributed by atoms with E-state index in [1.54, 1.807) is 11.8 Å². The van der Waals surface area contributed by atoms with Crippen LogP contribution in [0.15, 0.2) is 27.6 Å². The molecule has 0 spiro atoms. The highest BCUT2D eigenvalue weighted by molar-refractivity contribution is 9.10. The first-order valence-electron chi connectivity index (χ1n) is 3.89. The van der Waals surface area contributed by atoms with Crippen LogP contribution in [0.5, 0.6) is 0 Å². The molecule has 0 aromatic heterocycles. The van der Waals surface area contributed by atoms with Crippen molar-refractivity contribution in [3.63, 3.8) is 0 Å². The van der Waals surface area contributed by atoms with E-state index < -0.39 is 0 Å². The summed E-state index contributed by atoms with van der Waals surface area (Å²) >= 11 is 5.12. The van der Waals surface area contributed by atoms with Crippen LogP contribution in [0.1, 0.15) is 11.6 Å². The Morgan fingerprint density at radius 3 is 2.77 bits per heavy atom. The maximum absolute atomic E-state index is 8.86. The Bertz CT molecular complexity index is 293. The molecule has 1 rings (SSSR count). The number of hydrogen-bond acceptors (Lipinski definition) is 3. The van der Waals surface area contributed by atoms with Gasteiger partial charge in [0.25, 0.3) is 0 Å². The van der Waals surface area contributed by atoms with Gasteiger partial charge < -0.3 is 10.8 Å². The van der Waals surface area contributed by atoms with E-state index in [1.807, 2.05) is 24.5 Å². The number of aliphatic hydroxyl groups excluding tert-OH is 1. The van der Waals surface area contributed by atoms with Crippen LogP contribution in [0, 0.1) is 0 Å². The van der Waals surface area contributed by atoms with Crippen molar-refractivity contribution in [3.05, 3.63) is 28.2 Å². The van der Waals surface area contributed by atoms with Crippen LogP contribution in [0.4, 0.5) is 0 Å². The van der Waals surface area contributed by atoms with Crippen LogP contribution in [-0.4, -0.2) is 18.0 Å². The second kappa shape index (κ2) is 5.00. The normalized spacial score (nSPS) is 12.9. The summed E-state index contributed by atoms with van der Waals surface area (Å²) in [6, 6.07) is 5.61. The number of benzene rings is 1. The summed E-state index contributed by atoms with van der Waals surface area (Å²) in [4.78, 5) is 1.17. The molecule has 1 atom stereocenters. The summed E-state index contributed by atoms with van der Waals surface area (Å²) in [5.74, 6) is 0. The van der Waals surface area contributed by atoms with Gasteiger partial charge in [0, 0.05) is 9.37 Å². The summed E-state index contributed by atoms with van der Waals surface area (Å²) in [6.07, 6.45) is 2.02. The van der Waals surface area contributed by atoms with Crippen molar-refractivity contribution in [2.24, 2.45) is 5.73 Å². The highest BCUT2D eigenvalue weighted by Gasteiger charge is 2.06. The lowest BCUT2D eigenvalue weighted by Crippen LogP contribution is -2.14. The molecular formula is C9H12BrNOS. The van der Waals surface area contributed by atoms with Gasteiger partial charge in [-0.3, -0.25) is 0 Å². The van der Waals surface area contributed by atoms with E-state index in [-0.39, 0.29) is 12.6 Å². The number of hydrogen-bond donors (Lipinski definition) is 2. The fraction of sp³-hybridized carbons (Fsp3) is 0.333. The van der Waals surface area contributed by atoms with Gasteiger partial charge in [-0.2, -0.15) is 0 Å². The van der Waals surface area contributed by atoms with Gasteiger partial charge in [0.05, 0.1) is 12.6 Å². The minimum absolute atomic E-state index is 0.0228. The second-order valence-electron chi connectivity index (χ2n) is 2.68. The second-order valence-corrected chi connectivity index (χ2v) is 4.39. The molecule has 0 fully saturated rings. The van der Waals surface area contributed by atoms with E-state index in [9.17, 15) is 0 Å². The van der Waals surface area contributed by atoms with Gasteiger partial charge in [-0.1, -0.05) is 6.07 Å². The van der Waals surface area contributed by atoms with E-state index in [4.69, 9.17) is 10.8 Å². The van der Waals surface area contributed by atoms with Crippen molar-refractivity contribution < 1.29 is 5.11 Å². The molecule has 0 bridgehead atoms. The number of halogens is 1. The van der Waals surface area contributed by atoms with Gasteiger partial charge in [-0.25, -0.2) is 0 Å². The first-order valence-corrected chi connectivity index (χ1v) is 5.90. The molecule has 0 aliphatic carbocycles. The molecule has 0 heterocycles. The molecule has 0 saturated heterocycles. The summed E-state index contributed by atoms with van der Waals surface area (Å²) in [6.45, 7) is -0.0228. The lowest BCUT2D eigenvalue weighted by molar-refractivity contribution is 0.268. The Kier molecular flexibility index (Phi) is 4.25. The minimum Gasteiger partial charge on any atom is -0.394 e. The van der Waals surface area contributed by atoms with Gasteiger partial charge in [-0.05, 0) is 39.9 Å². The van der Waals surface area contributed by atoms with Gasteiger partial charge in [0.15, 0.2) is 0 Å². The third kappa shape index (κ3) is 2.71. The molecule has 0 saturated carbocycles. The Hall–Kier alpha value is -0.0300. The quantitative estimate of drug-likeness (QED) is 0.820. The predicted molar refractivity (Wildman–Crippen MR) is 59.9 cm³/mol. The van der Waals surface area contributed by atoms with Crippen LogP contribution < -0.4 is 5.73 Å². The summed E-state index contributed by atoms with van der Waals surface area (Å²) in [5, 5.41) is 8.86. The Morgan fingerprint density at radius 2 is 2.31 bits per heavy atom. The molecule has 0 amide bonds. The Labute approximate surface area is 90.7 Å². The number of rotatable bonds is 3. The molecule has 1 unspecified atom stereocenters. The van der Waals surface area contributed by atoms with Crippen molar-refractivity contribution >= 4 is 27.7 Å². The van der Waals surface area contributed by atoms with Crippen molar-refractivity contribution in [1.29, 1.82) is 0 Å². The average molecular weight is 262 g/mol. The Morgan fingerprint density at radius 1 is 1.62 bits per heavy atom. The molecule has 4 heteroatoms. The number of thioether (sulfide) groups is 1. The highest BCUT2D eigenvalue weighted by Crippen LogP contribution is 2.27. The van der Waals surface area contributed by atoms with Gasteiger partial charge >= 0.3 is 0 Å². The maximum atomic E-state index is 8.86. The van der Waals surface area contributed by atoms with E-state index in [0.29, 0.717) is 0 Å². The monoisotopic (exact) mass is 261 g/mol. The summed E-state index contributed by atoms with van der Waals surface area (Å²) < 4.78 is 1.03. The zero-order valence-corrected chi connectivity index (χ0v) is 9.73. The third-order valence-electron chi connectivity index (χ3n) is 1.80. The molecule has 0 aliphatic heterocycles. The predicted octanol–water partition coefficient (Wildman–Crippen LogP) is 2.16. The Balaban J connectivity index is 2.95. The molecule has 1 aromatic rings. The largest absolute Gasteiger partial charge is 0.394 e. The fourth-order valence-electron chi connectivity index (χ4n) is 1.02. The molecule has 0 radical (unpaired) electrons. The van der Waals surface area contributed by atoms with Crippen LogP contribution in [-0.2, 0) is 0 Å². The smallest absolute Gasteiger partial charge is 0.0624 e. The molecule has 72 valence electrons. The number of aliphatic hydroxyl groups is 1. The van der Waals surface area contributed by atoms with Crippen molar-refractivity contribution in [2.75, 3.05) is 12.9 Å². The van der Waals surface area contributed by atoms with Gasteiger partial charge in [0.2, 0.25) is 0 Å². The van der Waals surface area contributed by atoms with Crippen LogP contribution in [0.3, 0.4) is 0 Å². The summed E-state index contributed by atoms with van der Waals surface area (Å²) in [7, 11) is 0. The van der Waals surface area contributed by atoms with E-state index in [0.717, 1.165) is 10.0 Å². The van der Waals surface area contributed by atoms with Crippen molar-refractivity contribution in [3.8, 4) is 0 Å². The topological polar surface area (TPSA) is 46.2 Å². The van der Waals surface area contributed by atoms with E-state index in [2.05, 4.69) is 15.9 Å². The zero-order valence-electron chi connectivity index (χ0n) is 7.33. The maximum Gasteiger partial charge on any atom is 0.0624 e. The zero-order chi connectivity index (χ0) is 9.84. The van der Waals surface area contributed by atoms with Crippen LogP contribution >= 0.6 is 27.7 Å². The van der Waals surface area contributed by atoms with E-state index in [1.165, 1.54) is 4.90 Å². The molecular weight excluding hydrogens is 250 g/mol. The molecule has 1 aromatic carbocycles. The minimum atomic E-state index is -0.285. The SMILES string of the molecule is CSc1ccc(C(N)CO)cc1Br. The first-order chi connectivity index (χ1) is 6.19. The average Bonchev–Trinajstić information content (AvgIpc) is 2.16. The standard InChI is InChI=1S/C9H12BrNOS/c1-13-9-3-2-6(4-7(9)10)8(11)5-12/h2-4,8,12H,5,11H2,1H3. The third-order valence-corrected chi connectivity index (χ3v) is 3.52. The van der Waals surface area contributed by atoms with Crippen LogP contribution in [0.2, 0.25) is 0 Å². The van der Waals surface area contributed by atoms with Gasteiger partial charge in [-0.15, -0.1) is 11.8 Å². The highest BCUT2D eigenvalue weighted by atomic mass is 79.9. The fourth-order valence-corrected chi connectivity index (χ4v) is 2.36. The van der Waals surface area contributed by atoms with Crippen molar-refractivity contribution in [2.45, 2.75) is 10.9 Å². The number of nitrogens with two attached hydrogens (primary N) is 1. The summed E-state index contributed by atoms with van der Waals surface area (Å²) in [5.41, 5.74) is 6.63. The molecule has 13 heavy (non-hydrogen) atoms. The van der Waals surface area contributed by atoms with Crippen molar-refractivity contribution in [1.82, 2.24) is 0 Å². The molecule has 2 nitrogen and oxygen atoms in total.